The Hall–Kier alpha value is -1.87. The third kappa shape index (κ3) is 3.17. The van der Waals surface area contributed by atoms with Crippen molar-refractivity contribution in [3.05, 3.63) is 42.5 Å². The van der Waals surface area contributed by atoms with Gasteiger partial charge in [-0.1, -0.05) is 36.4 Å². The first-order chi connectivity index (χ1) is 9.63. The maximum absolute atomic E-state index is 12.3. The number of hydrogen-bond acceptors (Lipinski definition) is 2. The van der Waals surface area contributed by atoms with Crippen LogP contribution in [0.4, 0.5) is 5.69 Å². The number of nitrogens with zero attached hydrogens (tertiary/aromatic N) is 1. The molecule has 0 bridgehead atoms. The molecule has 0 aromatic heterocycles. The maximum atomic E-state index is 12.3. The lowest BCUT2D eigenvalue weighted by molar-refractivity contribution is -0.119. The highest BCUT2D eigenvalue weighted by Gasteiger charge is 2.16. The van der Waals surface area contributed by atoms with E-state index in [2.05, 4.69) is 0 Å². The van der Waals surface area contributed by atoms with Crippen LogP contribution in [-0.2, 0) is 4.79 Å². The number of aliphatic hydroxyl groups is 1. The number of hydrogen-bond donors (Lipinski definition) is 1. The fourth-order valence-corrected chi connectivity index (χ4v) is 2.39. The fraction of sp³-hybridized carbons (Fsp3) is 0.353. The Morgan fingerprint density at radius 2 is 1.90 bits per heavy atom. The minimum Gasteiger partial charge on any atom is -0.393 e. The van der Waals surface area contributed by atoms with Gasteiger partial charge < -0.3 is 10.0 Å². The minimum absolute atomic E-state index is 0.0600. The molecule has 3 heteroatoms. The van der Waals surface area contributed by atoms with Crippen LogP contribution in [0.1, 0.15) is 26.7 Å². The molecule has 0 fully saturated rings. The van der Waals surface area contributed by atoms with E-state index in [1.54, 1.807) is 11.8 Å². The van der Waals surface area contributed by atoms with Crippen LogP contribution in [0.5, 0.6) is 0 Å². The average Bonchev–Trinajstić information content (AvgIpc) is 2.46. The van der Waals surface area contributed by atoms with Crippen LogP contribution in [0, 0.1) is 0 Å². The van der Waals surface area contributed by atoms with Crippen molar-refractivity contribution in [1.29, 1.82) is 0 Å². The van der Waals surface area contributed by atoms with Gasteiger partial charge in [-0.2, -0.15) is 0 Å². The Morgan fingerprint density at radius 3 is 2.60 bits per heavy atom. The lowest BCUT2D eigenvalue weighted by Gasteiger charge is -2.23. The van der Waals surface area contributed by atoms with E-state index in [-0.39, 0.29) is 5.91 Å². The Kier molecular flexibility index (Phi) is 4.74. The molecule has 1 amide bonds. The van der Waals surface area contributed by atoms with Crippen molar-refractivity contribution in [2.24, 2.45) is 0 Å². The molecule has 0 saturated heterocycles. The number of fused-ring (bicyclic) bond motifs is 1. The monoisotopic (exact) mass is 271 g/mol. The molecule has 1 unspecified atom stereocenters. The third-order valence-electron chi connectivity index (χ3n) is 3.45. The summed E-state index contributed by atoms with van der Waals surface area (Å²) >= 11 is 0. The van der Waals surface area contributed by atoms with Crippen molar-refractivity contribution >= 4 is 22.4 Å². The van der Waals surface area contributed by atoms with Gasteiger partial charge in [0.2, 0.25) is 5.91 Å². The van der Waals surface area contributed by atoms with Gasteiger partial charge in [-0.05, 0) is 31.7 Å². The summed E-state index contributed by atoms with van der Waals surface area (Å²) in [7, 11) is 0. The SMILES string of the molecule is CCN(C(=O)CCC(C)O)c1cccc2ccccc12. The van der Waals surface area contributed by atoms with Gasteiger partial charge in [0.15, 0.2) is 0 Å². The van der Waals surface area contributed by atoms with Gasteiger partial charge in [-0.15, -0.1) is 0 Å². The largest absolute Gasteiger partial charge is 0.393 e. The van der Waals surface area contributed by atoms with Crippen LogP contribution in [0.2, 0.25) is 0 Å². The Balaban J connectivity index is 2.32. The topological polar surface area (TPSA) is 40.5 Å². The normalized spacial score (nSPS) is 12.3. The summed E-state index contributed by atoms with van der Waals surface area (Å²) in [6.45, 7) is 4.32. The highest BCUT2D eigenvalue weighted by molar-refractivity contribution is 6.03. The van der Waals surface area contributed by atoms with Crippen LogP contribution in [0.3, 0.4) is 0 Å². The number of carbonyl (C=O) groups excluding carboxylic acids is 1. The number of rotatable bonds is 5. The van der Waals surface area contributed by atoms with Crippen molar-refractivity contribution in [2.75, 3.05) is 11.4 Å². The molecule has 106 valence electrons. The molecule has 2 rings (SSSR count). The van der Waals surface area contributed by atoms with Crippen molar-refractivity contribution in [2.45, 2.75) is 32.8 Å². The zero-order chi connectivity index (χ0) is 14.5. The van der Waals surface area contributed by atoms with Gasteiger partial charge in [-0.3, -0.25) is 4.79 Å². The summed E-state index contributed by atoms with van der Waals surface area (Å²) in [6.07, 6.45) is 0.430. The number of benzene rings is 2. The molecule has 2 aromatic rings. The minimum atomic E-state index is -0.440. The van der Waals surface area contributed by atoms with Crippen molar-refractivity contribution < 1.29 is 9.90 Å². The molecule has 0 saturated carbocycles. The van der Waals surface area contributed by atoms with Gasteiger partial charge >= 0.3 is 0 Å². The first-order valence-corrected chi connectivity index (χ1v) is 7.09. The van der Waals surface area contributed by atoms with E-state index >= 15 is 0 Å². The van der Waals surface area contributed by atoms with E-state index in [0.29, 0.717) is 19.4 Å². The number of carbonyl (C=O) groups is 1. The van der Waals surface area contributed by atoms with Crippen molar-refractivity contribution in [1.82, 2.24) is 0 Å². The summed E-state index contributed by atoms with van der Waals surface area (Å²) in [5, 5.41) is 11.5. The molecule has 0 aliphatic carbocycles. The van der Waals surface area contributed by atoms with Crippen LogP contribution in [-0.4, -0.2) is 23.7 Å². The quantitative estimate of drug-likeness (QED) is 0.906. The lowest BCUT2D eigenvalue weighted by Crippen LogP contribution is -2.31. The molecule has 2 aromatic carbocycles. The second-order valence-corrected chi connectivity index (χ2v) is 5.02. The van der Waals surface area contributed by atoms with E-state index in [9.17, 15) is 9.90 Å². The smallest absolute Gasteiger partial charge is 0.227 e. The predicted molar refractivity (Wildman–Crippen MR) is 82.9 cm³/mol. The molecule has 1 N–H and O–H groups in total. The van der Waals surface area contributed by atoms with E-state index < -0.39 is 6.10 Å². The first kappa shape index (κ1) is 14.5. The summed E-state index contributed by atoms with van der Waals surface area (Å²) in [6, 6.07) is 14.1. The highest BCUT2D eigenvalue weighted by atomic mass is 16.3. The Bertz CT molecular complexity index is 587. The molecule has 0 radical (unpaired) electrons. The summed E-state index contributed by atoms with van der Waals surface area (Å²) in [5.41, 5.74) is 0.946. The molecule has 3 nitrogen and oxygen atoms in total. The van der Waals surface area contributed by atoms with Gasteiger partial charge in [0.05, 0.1) is 11.8 Å². The van der Waals surface area contributed by atoms with Crippen LogP contribution in [0.15, 0.2) is 42.5 Å². The molecular formula is C17H21NO2. The zero-order valence-corrected chi connectivity index (χ0v) is 12.0. The lowest BCUT2D eigenvalue weighted by atomic mass is 10.1. The molecular weight excluding hydrogens is 250 g/mol. The second kappa shape index (κ2) is 6.53. The number of anilines is 1. The Labute approximate surface area is 119 Å². The average molecular weight is 271 g/mol. The van der Waals surface area contributed by atoms with Gasteiger partial charge in [-0.25, -0.2) is 0 Å². The molecule has 0 spiro atoms. The predicted octanol–water partition coefficient (Wildman–Crippen LogP) is 3.35. The molecule has 0 aliphatic rings. The summed E-state index contributed by atoms with van der Waals surface area (Å²) in [5.74, 6) is 0.0600. The number of aliphatic hydroxyl groups excluding tert-OH is 1. The summed E-state index contributed by atoms with van der Waals surface area (Å²) in [4.78, 5) is 14.1. The highest BCUT2D eigenvalue weighted by Crippen LogP contribution is 2.27. The van der Waals surface area contributed by atoms with Gasteiger partial charge in [0, 0.05) is 18.4 Å². The summed E-state index contributed by atoms with van der Waals surface area (Å²) < 4.78 is 0. The molecule has 20 heavy (non-hydrogen) atoms. The zero-order valence-electron chi connectivity index (χ0n) is 12.0. The number of amides is 1. The van der Waals surface area contributed by atoms with Gasteiger partial charge in [0.25, 0.3) is 0 Å². The standard InChI is InChI=1S/C17H21NO2/c1-3-18(17(20)12-11-13(2)19)16-10-6-8-14-7-4-5-9-15(14)16/h4-10,13,19H,3,11-12H2,1-2H3. The van der Waals surface area contributed by atoms with Crippen molar-refractivity contribution in [3.8, 4) is 0 Å². The van der Waals surface area contributed by atoms with Gasteiger partial charge in [0.1, 0.15) is 0 Å². The van der Waals surface area contributed by atoms with E-state index in [0.717, 1.165) is 16.5 Å². The van der Waals surface area contributed by atoms with E-state index in [1.807, 2.05) is 49.4 Å². The third-order valence-corrected chi connectivity index (χ3v) is 3.45. The second-order valence-electron chi connectivity index (χ2n) is 5.02. The van der Waals surface area contributed by atoms with E-state index in [4.69, 9.17) is 0 Å². The Morgan fingerprint density at radius 1 is 1.20 bits per heavy atom. The van der Waals surface area contributed by atoms with Crippen LogP contribution in [0.25, 0.3) is 10.8 Å². The molecule has 1 atom stereocenters. The van der Waals surface area contributed by atoms with Crippen LogP contribution >= 0.6 is 0 Å². The van der Waals surface area contributed by atoms with Crippen molar-refractivity contribution in [3.63, 3.8) is 0 Å². The van der Waals surface area contributed by atoms with Crippen LogP contribution < -0.4 is 4.90 Å². The molecule has 0 aliphatic heterocycles. The maximum Gasteiger partial charge on any atom is 0.227 e. The molecule has 0 heterocycles. The van der Waals surface area contributed by atoms with E-state index in [1.165, 1.54) is 0 Å². The fourth-order valence-electron chi connectivity index (χ4n) is 2.39. The first-order valence-electron chi connectivity index (χ1n) is 7.09.